The molecule has 3 aromatic carbocycles. The lowest BCUT2D eigenvalue weighted by atomic mass is 10.1. The van der Waals surface area contributed by atoms with E-state index in [2.05, 4.69) is 11.0 Å². The molecule has 1 amide bonds. The van der Waals surface area contributed by atoms with Crippen molar-refractivity contribution in [1.82, 2.24) is 4.90 Å². The second-order valence-electron chi connectivity index (χ2n) is 8.11. The summed E-state index contributed by atoms with van der Waals surface area (Å²) in [5, 5.41) is 0. The number of para-hydroxylation sites is 1. The molecule has 7 heteroatoms. The van der Waals surface area contributed by atoms with E-state index in [0.717, 1.165) is 23.4 Å². The Hall–Kier alpha value is -3.32. The van der Waals surface area contributed by atoms with Gasteiger partial charge in [0, 0.05) is 45.0 Å². The first-order valence-electron chi connectivity index (χ1n) is 10.5. The van der Waals surface area contributed by atoms with Gasteiger partial charge in [0.15, 0.2) is 0 Å². The summed E-state index contributed by atoms with van der Waals surface area (Å²) in [7, 11) is -0.119. The molecule has 1 heterocycles. The molecule has 0 atom stereocenters. The van der Waals surface area contributed by atoms with Crippen molar-refractivity contribution >= 4 is 27.3 Å². The molecule has 1 aliphatic rings. The molecule has 166 valence electrons. The average Bonchev–Trinajstić information content (AvgIpc) is 2.97. The Kier molecular flexibility index (Phi) is 5.93. The van der Waals surface area contributed by atoms with Crippen LogP contribution in [0.5, 0.6) is 0 Å². The van der Waals surface area contributed by atoms with Crippen molar-refractivity contribution in [2.45, 2.75) is 18.4 Å². The first-order valence-corrected chi connectivity index (χ1v) is 12.0. The quantitative estimate of drug-likeness (QED) is 0.606. The maximum atomic E-state index is 13.2. The van der Waals surface area contributed by atoms with E-state index >= 15 is 0 Å². The van der Waals surface area contributed by atoms with Crippen molar-refractivity contribution in [1.29, 1.82) is 0 Å². The number of fused-ring (bicyclic) bond motifs is 1. The monoisotopic (exact) mass is 449 g/mol. The maximum Gasteiger partial charge on any atom is 0.264 e. The summed E-state index contributed by atoms with van der Waals surface area (Å²) in [5.74, 6) is -0.0642. The van der Waals surface area contributed by atoms with E-state index in [4.69, 9.17) is 0 Å². The predicted molar refractivity (Wildman–Crippen MR) is 128 cm³/mol. The van der Waals surface area contributed by atoms with E-state index in [1.807, 2.05) is 37.1 Å². The van der Waals surface area contributed by atoms with Gasteiger partial charge in [-0.05, 0) is 55.0 Å². The number of likely N-dealkylation sites (N-methyl/N-ethyl adjacent to an activating group) is 1. The summed E-state index contributed by atoms with van der Waals surface area (Å²) < 4.78 is 27.1. The van der Waals surface area contributed by atoms with Crippen molar-refractivity contribution in [3.8, 4) is 0 Å². The zero-order chi connectivity index (χ0) is 22.9. The molecule has 6 nitrogen and oxygen atoms in total. The van der Waals surface area contributed by atoms with E-state index in [0.29, 0.717) is 24.3 Å². The maximum absolute atomic E-state index is 13.2. The topological polar surface area (TPSA) is 60.9 Å². The summed E-state index contributed by atoms with van der Waals surface area (Å²) >= 11 is 0. The molecule has 4 rings (SSSR count). The number of hydrogen-bond donors (Lipinski definition) is 0. The first kappa shape index (κ1) is 21.9. The van der Waals surface area contributed by atoms with Crippen LogP contribution in [0.3, 0.4) is 0 Å². The van der Waals surface area contributed by atoms with Crippen LogP contribution in [0.25, 0.3) is 0 Å². The molecular weight excluding hydrogens is 422 g/mol. The number of rotatable bonds is 4. The molecule has 0 fully saturated rings. The Balaban J connectivity index is 1.53. The molecule has 1 aliphatic heterocycles. The summed E-state index contributed by atoms with van der Waals surface area (Å²) in [6, 6.07) is 21.6. The summed E-state index contributed by atoms with van der Waals surface area (Å²) in [5.41, 5.74) is 4.29. The Morgan fingerprint density at radius 1 is 0.906 bits per heavy atom. The molecule has 0 saturated carbocycles. The number of nitrogens with zero attached hydrogens (tertiary/aromatic N) is 3. The van der Waals surface area contributed by atoms with Crippen molar-refractivity contribution in [2.24, 2.45) is 0 Å². The predicted octanol–water partition coefficient (Wildman–Crippen LogP) is 3.91. The number of hydrogen-bond acceptors (Lipinski definition) is 4. The van der Waals surface area contributed by atoms with Crippen molar-refractivity contribution < 1.29 is 13.2 Å². The molecule has 0 aliphatic carbocycles. The molecule has 32 heavy (non-hydrogen) atoms. The minimum Gasteiger partial charge on any atom is -0.373 e. The molecule has 3 aromatic rings. The van der Waals surface area contributed by atoms with Crippen LogP contribution in [-0.4, -0.2) is 46.4 Å². The summed E-state index contributed by atoms with van der Waals surface area (Å²) in [6.45, 7) is 3.82. The molecular formula is C25H27N3O3S. The van der Waals surface area contributed by atoms with Crippen LogP contribution in [-0.2, 0) is 16.6 Å². The van der Waals surface area contributed by atoms with Crippen LogP contribution in [0.15, 0.2) is 77.7 Å². The van der Waals surface area contributed by atoms with Gasteiger partial charge in [-0.1, -0.05) is 35.9 Å². The second-order valence-corrected chi connectivity index (χ2v) is 10.1. The van der Waals surface area contributed by atoms with Gasteiger partial charge in [0.1, 0.15) is 0 Å². The van der Waals surface area contributed by atoms with Gasteiger partial charge in [-0.2, -0.15) is 0 Å². The third-order valence-corrected chi connectivity index (χ3v) is 7.71. The average molecular weight is 450 g/mol. The van der Waals surface area contributed by atoms with Crippen LogP contribution in [0, 0.1) is 6.92 Å². The highest BCUT2D eigenvalue weighted by Crippen LogP contribution is 2.26. The fraction of sp³-hybridized carbons (Fsp3) is 0.240. The van der Waals surface area contributed by atoms with Crippen LogP contribution < -0.4 is 9.21 Å². The van der Waals surface area contributed by atoms with Crippen molar-refractivity contribution in [3.05, 3.63) is 89.5 Å². The zero-order valence-corrected chi connectivity index (χ0v) is 19.3. The van der Waals surface area contributed by atoms with E-state index < -0.39 is 10.0 Å². The van der Waals surface area contributed by atoms with E-state index in [-0.39, 0.29) is 10.8 Å². The molecule has 0 unspecified atom stereocenters. The number of anilines is 2. The van der Waals surface area contributed by atoms with Crippen molar-refractivity contribution in [2.75, 3.05) is 36.4 Å². The number of aryl methyl sites for hydroxylation is 1. The van der Waals surface area contributed by atoms with E-state index in [1.54, 1.807) is 48.5 Å². The number of benzene rings is 3. The Labute approximate surface area is 189 Å². The minimum atomic E-state index is -3.67. The fourth-order valence-corrected chi connectivity index (χ4v) is 5.07. The van der Waals surface area contributed by atoms with Gasteiger partial charge < -0.3 is 9.80 Å². The van der Waals surface area contributed by atoms with Crippen LogP contribution >= 0.6 is 0 Å². The normalized spacial score (nSPS) is 14.0. The van der Waals surface area contributed by atoms with E-state index in [1.165, 1.54) is 11.4 Å². The summed E-state index contributed by atoms with van der Waals surface area (Å²) in [6.07, 6.45) is 0. The van der Waals surface area contributed by atoms with Crippen LogP contribution in [0.1, 0.15) is 21.5 Å². The molecule has 0 bridgehead atoms. The Morgan fingerprint density at radius 2 is 1.56 bits per heavy atom. The molecule has 0 spiro atoms. The smallest absolute Gasteiger partial charge is 0.264 e. The van der Waals surface area contributed by atoms with Crippen LogP contribution in [0.4, 0.5) is 11.4 Å². The van der Waals surface area contributed by atoms with Gasteiger partial charge in [0.25, 0.3) is 15.9 Å². The molecule has 0 radical (unpaired) electrons. The van der Waals surface area contributed by atoms with Crippen molar-refractivity contribution in [3.63, 3.8) is 0 Å². The third kappa shape index (κ3) is 4.21. The SMILES string of the molecule is Cc1ccc(S(=O)(=O)N(C)c2ccc(C(=O)N3CCN(C)c4ccccc4C3)cc2)cc1. The molecule has 0 saturated heterocycles. The van der Waals surface area contributed by atoms with Gasteiger partial charge in [0.05, 0.1) is 10.6 Å². The third-order valence-electron chi connectivity index (χ3n) is 5.91. The summed E-state index contributed by atoms with van der Waals surface area (Å²) in [4.78, 5) is 17.4. The number of sulfonamides is 1. The Bertz CT molecular complexity index is 1220. The Morgan fingerprint density at radius 3 is 2.25 bits per heavy atom. The molecule has 0 aromatic heterocycles. The second kappa shape index (κ2) is 8.67. The highest BCUT2D eigenvalue weighted by Gasteiger charge is 2.24. The van der Waals surface area contributed by atoms with Gasteiger partial charge in [0.2, 0.25) is 0 Å². The van der Waals surface area contributed by atoms with Gasteiger partial charge in [-0.3, -0.25) is 9.10 Å². The lowest BCUT2D eigenvalue weighted by Gasteiger charge is -2.22. The first-order chi connectivity index (χ1) is 15.3. The van der Waals surface area contributed by atoms with Crippen LogP contribution in [0.2, 0.25) is 0 Å². The van der Waals surface area contributed by atoms with E-state index in [9.17, 15) is 13.2 Å². The van der Waals surface area contributed by atoms with Gasteiger partial charge >= 0.3 is 0 Å². The fourth-order valence-electron chi connectivity index (χ4n) is 3.87. The van der Waals surface area contributed by atoms with Gasteiger partial charge in [-0.15, -0.1) is 0 Å². The minimum absolute atomic E-state index is 0.0642. The number of amides is 1. The highest BCUT2D eigenvalue weighted by molar-refractivity contribution is 7.92. The van der Waals surface area contributed by atoms with Gasteiger partial charge in [-0.25, -0.2) is 8.42 Å². The number of carbonyl (C=O) groups excluding carboxylic acids is 1. The number of carbonyl (C=O) groups is 1. The lowest BCUT2D eigenvalue weighted by molar-refractivity contribution is 0.0752. The standard InChI is InChI=1S/C25H27N3O3S/c1-19-8-14-23(15-9-19)32(30,31)27(3)22-12-10-20(11-13-22)25(29)28-17-16-26(2)24-7-5-4-6-21(24)18-28/h4-15H,16-18H2,1-3H3. The highest BCUT2D eigenvalue weighted by atomic mass is 32.2. The largest absolute Gasteiger partial charge is 0.373 e. The lowest BCUT2D eigenvalue weighted by Crippen LogP contribution is -2.34. The molecule has 0 N–H and O–H groups in total. The zero-order valence-electron chi connectivity index (χ0n) is 18.5.